The predicted octanol–water partition coefficient (Wildman–Crippen LogP) is 13.6. The van der Waals surface area contributed by atoms with Gasteiger partial charge < -0.3 is 0 Å². The fourth-order valence-electron chi connectivity index (χ4n) is 8.63. The zero-order chi connectivity index (χ0) is 34.9. The number of nitrogens with zero attached hydrogens (tertiary/aromatic N) is 2. The molecular weight excluding hydrogens is 641 g/mol. The molecule has 0 bridgehead atoms. The van der Waals surface area contributed by atoms with Crippen LogP contribution in [0, 0.1) is 0 Å². The number of para-hydroxylation sites is 3. The lowest BCUT2D eigenvalue weighted by Crippen LogP contribution is -1.97. The van der Waals surface area contributed by atoms with E-state index in [2.05, 4.69) is 199 Å². The van der Waals surface area contributed by atoms with Gasteiger partial charge in [0.05, 0.1) is 11.0 Å². The molecule has 0 spiro atoms. The SMILES string of the molecule is c1ccc(-c2ccc(-c3ccccc3)c3c2-c2cccc4cc5c(-c6ccc(-c7nc8ccccc8n7-c7ccccc7)cc6)cccc5c-3c24)cc1. The van der Waals surface area contributed by atoms with Gasteiger partial charge in [-0.3, -0.25) is 4.57 Å². The van der Waals surface area contributed by atoms with Gasteiger partial charge in [-0.05, 0) is 108 Å². The van der Waals surface area contributed by atoms with E-state index < -0.39 is 0 Å². The third kappa shape index (κ3) is 4.56. The predicted molar refractivity (Wildman–Crippen MR) is 222 cm³/mol. The third-order valence-corrected chi connectivity index (χ3v) is 10.9. The summed E-state index contributed by atoms with van der Waals surface area (Å²) in [7, 11) is 0. The van der Waals surface area contributed by atoms with Crippen LogP contribution in [0.3, 0.4) is 0 Å². The zero-order valence-corrected chi connectivity index (χ0v) is 28.9. The molecule has 1 aromatic heterocycles. The van der Waals surface area contributed by atoms with Crippen LogP contribution in [-0.4, -0.2) is 9.55 Å². The molecule has 0 unspecified atom stereocenters. The van der Waals surface area contributed by atoms with Gasteiger partial charge in [0.2, 0.25) is 0 Å². The van der Waals surface area contributed by atoms with Crippen LogP contribution in [0.1, 0.15) is 0 Å². The van der Waals surface area contributed by atoms with E-state index in [1.54, 1.807) is 0 Å². The molecule has 0 saturated heterocycles. The monoisotopic (exact) mass is 672 g/mol. The Hall–Kier alpha value is -7.03. The minimum atomic E-state index is 0.938. The van der Waals surface area contributed by atoms with Crippen molar-refractivity contribution in [2.75, 3.05) is 0 Å². The molecule has 246 valence electrons. The van der Waals surface area contributed by atoms with Gasteiger partial charge in [-0.25, -0.2) is 4.98 Å². The molecule has 1 aliphatic carbocycles. The Morgan fingerprint density at radius 2 is 0.943 bits per heavy atom. The van der Waals surface area contributed by atoms with Crippen molar-refractivity contribution < 1.29 is 0 Å². The molecule has 0 atom stereocenters. The minimum Gasteiger partial charge on any atom is -0.292 e. The molecule has 11 rings (SSSR count). The summed E-state index contributed by atoms with van der Waals surface area (Å²) in [6.07, 6.45) is 0. The molecule has 9 aromatic carbocycles. The maximum Gasteiger partial charge on any atom is 0.145 e. The van der Waals surface area contributed by atoms with Crippen molar-refractivity contribution in [1.29, 1.82) is 0 Å². The van der Waals surface area contributed by atoms with Crippen LogP contribution >= 0.6 is 0 Å². The Morgan fingerprint density at radius 3 is 1.68 bits per heavy atom. The van der Waals surface area contributed by atoms with Crippen LogP contribution < -0.4 is 0 Å². The van der Waals surface area contributed by atoms with Gasteiger partial charge in [-0.15, -0.1) is 0 Å². The van der Waals surface area contributed by atoms with E-state index in [4.69, 9.17) is 4.98 Å². The molecule has 1 heterocycles. The van der Waals surface area contributed by atoms with Crippen molar-refractivity contribution in [3.63, 3.8) is 0 Å². The zero-order valence-electron chi connectivity index (χ0n) is 28.9. The normalized spacial score (nSPS) is 11.8. The van der Waals surface area contributed by atoms with E-state index in [9.17, 15) is 0 Å². The number of rotatable bonds is 5. The topological polar surface area (TPSA) is 17.8 Å². The molecule has 0 N–H and O–H groups in total. The lowest BCUT2D eigenvalue weighted by Gasteiger charge is -2.17. The fraction of sp³-hybridized carbons (Fsp3) is 0. The first-order valence-electron chi connectivity index (χ1n) is 18.2. The van der Waals surface area contributed by atoms with E-state index >= 15 is 0 Å². The molecule has 2 nitrogen and oxygen atoms in total. The Bertz CT molecular complexity index is 3010. The van der Waals surface area contributed by atoms with Gasteiger partial charge in [0.1, 0.15) is 5.82 Å². The maximum absolute atomic E-state index is 5.12. The van der Waals surface area contributed by atoms with Crippen molar-refractivity contribution in [1.82, 2.24) is 9.55 Å². The van der Waals surface area contributed by atoms with E-state index in [0.717, 1.165) is 28.1 Å². The molecule has 0 fully saturated rings. The van der Waals surface area contributed by atoms with E-state index in [-0.39, 0.29) is 0 Å². The van der Waals surface area contributed by atoms with E-state index in [1.165, 1.54) is 77.2 Å². The highest BCUT2D eigenvalue weighted by Gasteiger charge is 2.30. The molecule has 0 amide bonds. The fourth-order valence-corrected chi connectivity index (χ4v) is 8.63. The van der Waals surface area contributed by atoms with Crippen LogP contribution in [-0.2, 0) is 0 Å². The second-order valence-electron chi connectivity index (χ2n) is 13.9. The smallest absolute Gasteiger partial charge is 0.145 e. The van der Waals surface area contributed by atoms with Gasteiger partial charge >= 0.3 is 0 Å². The van der Waals surface area contributed by atoms with Crippen molar-refractivity contribution in [3.05, 3.63) is 194 Å². The van der Waals surface area contributed by atoms with Crippen LogP contribution in [0.2, 0.25) is 0 Å². The molecule has 0 saturated carbocycles. The molecule has 2 heteroatoms. The Kier molecular flexibility index (Phi) is 6.59. The summed E-state index contributed by atoms with van der Waals surface area (Å²) in [6.45, 7) is 0. The first kappa shape index (κ1) is 29.7. The summed E-state index contributed by atoms with van der Waals surface area (Å²) in [6, 6.07) is 70.3. The largest absolute Gasteiger partial charge is 0.292 e. The second kappa shape index (κ2) is 11.8. The highest BCUT2D eigenvalue weighted by Crippen LogP contribution is 2.57. The van der Waals surface area contributed by atoms with Crippen LogP contribution in [0.4, 0.5) is 0 Å². The number of benzene rings is 9. The molecule has 0 radical (unpaired) electrons. The van der Waals surface area contributed by atoms with E-state index in [0.29, 0.717) is 0 Å². The van der Waals surface area contributed by atoms with Gasteiger partial charge in [0.15, 0.2) is 0 Å². The number of imidazole rings is 1. The van der Waals surface area contributed by atoms with Crippen LogP contribution in [0.5, 0.6) is 0 Å². The minimum absolute atomic E-state index is 0.938. The average molecular weight is 673 g/mol. The van der Waals surface area contributed by atoms with Crippen molar-refractivity contribution in [2.24, 2.45) is 0 Å². The van der Waals surface area contributed by atoms with Crippen molar-refractivity contribution in [2.45, 2.75) is 0 Å². The molecule has 1 aliphatic rings. The van der Waals surface area contributed by atoms with Crippen LogP contribution in [0.15, 0.2) is 194 Å². The van der Waals surface area contributed by atoms with Gasteiger partial charge in [-0.2, -0.15) is 0 Å². The highest BCUT2D eigenvalue weighted by molar-refractivity contribution is 6.28. The quantitative estimate of drug-likeness (QED) is 0.166. The van der Waals surface area contributed by atoms with Gasteiger partial charge in [0.25, 0.3) is 0 Å². The lowest BCUT2D eigenvalue weighted by molar-refractivity contribution is 1.10. The standard InChI is InChI=1S/C51H32N2/c1-4-14-33(15-5-1)40-30-31-41(34-16-6-2-7-17-34)49-48(40)43-23-12-18-37-32-44-39(21-13-22-42(44)50(49)47(37)43)35-26-28-36(29-27-35)51-52-45-24-10-11-25-46(45)53(51)38-19-8-3-9-20-38/h1-32H. The first-order chi connectivity index (χ1) is 26.3. The summed E-state index contributed by atoms with van der Waals surface area (Å²) < 4.78 is 2.26. The summed E-state index contributed by atoms with van der Waals surface area (Å²) in [4.78, 5) is 5.12. The lowest BCUT2D eigenvalue weighted by atomic mass is 9.86. The van der Waals surface area contributed by atoms with Crippen LogP contribution in [0.25, 0.3) is 105 Å². The second-order valence-corrected chi connectivity index (χ2v) is 13.9. The summed E-state index contributed by atoms with van der Waals surface area (Å²) in [5.74, 6) is 0.938. The van der Waals surface area contributed by atoms with Gasteiger partial charge in [0, 0.05) is 11.3 Å². The third-order valence-electron chi connectivity index (χ3n) is 10.9. The number of hydrogen-bond donors (Lipinski definition) is 0. The van der Waals surface area contributed by atoms with Crippen molar-refractivity contribution in [3.8, 4) is 72.7 Å². The molecule has 0 aliphatic heterocycles. The summed E-state index contributed by atoms with van der Waals surface area (Å²) in [5, 5.41) is 5.13. The number of aromatic nitrogens is 2. The number of fused-ring (bicyclic) bond motifs is 6. The highest BCUT2D eigenvalue weighted by atomic mass is 15.1. The molecule has 10 aromatic rings. The number of hydrogen-bond acceptors (Lipinski definition) is 1. The Labute approximate surface area is 307 Å². The summed E-state index contributed by atoms with van der Waals surface area (Å²) >= 11 is 0. The molecule has 53 heavy (non-hydrogen) atoms. The molecular formula is C51H32N2. The first-order valence-corrected chi connectivity index (χ1v) is 18.2. The van der Waals surface area contributed by atoms with Crippen molar-refractivity contribution >= 4 is 32.6 Å². The van der Waals surface area contributed by atoms with E-state index in [1.807, 2.05) is 0 Å². The maximum atomic E-state index is 5.12. The Balaban J connectivity index is 1.12. The van der Waals surface area contributed by atoms with Gasteiger partial charge in [-0.1, -0.05) is 164 Å². The Morgan fingerprint density at radius 1 is 0.358 bits per heavy atom. The average Bonchev–Trinajstić information content (AvgIpc) is 3.80. The summed E-state index contributed by atoms with van der Waals surface area (Å²) in [5.41, 5.74) is 17.0.